The van der Waals surface area contributed by atoms with Crippen molar-refractivity contribution < 1.29 is 9.53 Å². The zero-order chi connectivity index (χ0) is 16.6. The number of amides is 1. The Morgan fingerprint density at radius 1 is 1.32 bits per heavy atom. The molecule has 1 rings (SSSR count). The van der Waals surface area contributed by atoms with Gasteiger partial charge in [-0.3, -0.25) is 0 Å². The summed E-state index contributed by atoms with van der Waals surface area (Å²) in [4.78, 5) is 16.6. The average molecular weight is 313 g/mol. The molecule has 1 heterocycles. The zero-order valence-electron chi connectivity index (χ0n) is 15.2. The highest BCUT2D eigenvalue weighted by molar-refractivity contribution is 5.68. The molecule has 1 fully saturated rings. The van der Waals surface area contributed by atoms with Crippen LogP contribution in [0.25, 0.3) is 0 Å². The van der Waals surface area contributed by atoms with Crippen molar-refractivity contribution in [1.82, 2.24) is 15.1 Å². The van der Waals surface area contributed by atoms with Gasteiger partial charge in [0.2, 0.25) is 0 Å². The summed E-state index contributed by atoms with van der Waals surface area (Å²) in [5, 5.41) is 3.43. The third-order valence-corrected chi connectivity index (χ3v) is 3.88. The molecular weight excluding hydrogens is 278 g/mol. The average Bonchev–Trinajstić information content (AvgIpc) is 2.87. The van der Waals surface area contributed by atoms with E-state index in [-0.39, 0.29) is 6.09 Å². The van der Waals surface area contributed by atoms with Crippen molar-refractivity contribution in [3.63, 3.8) is 0 Å². The van der Waals surface area contributed by atoms with Gasteiger partial charge in [-0.1, -0.05) is 13.8 Å². The molecule has 1 N–H and O–H groups in total. The van der Waals surface area contributed by atoms with Crippen molar-refractivity contribution in [3.8, 4) is 0 Å². The highest BCUT2D eigenvalue weighted by Crippen LogP contribution is 2.16. The molecule has 0 radical (unpaired) electrons. The second-order valence-electron chi connectivity index (χ2n) is 7.23. The monoisotopic (exact) mass is 313 g/mol. The first-order chi connectivity index (χ1) is 10.4. The summed E-state index contributed by atoms with van der Waals surface area (Å²) in [5.41, 5.74) is -0.423. The minimum atomic E-state index is -0.423. The Hall–Kier alpha value is -0.810. The Bertz CT molecular complexity index is 328. The van der Waals surface area contributed by atoms with Gasteiger partial charge >= 0.3 is 6.09 Å². The van der Waals surface area contributed by atoms with E-state index in [9.17, 15) is 4.79 Å². The Balaban J connectivity index is 2.37. The normalized spacial score (nSPS) is 19.4. The van der Waals surface area contributed by atoms with E-state index in [0.29, 0.717) is 0 Å². The molecule has 0 saturated carbocycles. The maximum absolute atomic E-state index is 12.2. The van der Waals surface area contributed by atoms with Gasteiger partial charge in [0.05, 0.1) is 0 Å². The van der Waals surface area contributed by atoms with Crippen LogP contribution in [0, 0.1) is 5.92 Å². The standard InChI is InChI=1S/C17H35N3O2/c1-6-9-20(16(21)22-17(3,4)5)12-11-19-10-8-15(14-19)13-18-7-2/h15,18H,6-14H2,1-5H3. The predicted octanol–water partition coefficient (Wildman–Crippen LogP) is 2.56. The smallest absolute Gasteiger partial charge is 0.410 e. The Morgan fingerprint density at radius 2 is 2.05 bits per heavy atom. The molecule has 1 aliphatic heterocycles. The molecule has 1 aliphatic rings. The second-order valence-corrected chi connectivity index (χ2v) is 7.23. The van der Waals surface area contributed by atoms with Crippen molar-refractivity contribution in [2.45, 2.75) is 53.1 Å². The summed E-state index contributed by atoms with van der Waals surface area (Å²) >= 11 is 0. The van der Waals surface area contributed by atoms with Gasteiger partial charge in [0.1, 0.15) is 5.60 Å². The third-order valence-electron chi connectivity index (χ3n) is 3.88. The maximum atomic E-state index is 12.2. The molecular formula is C17H35N3O2. The first-order valence-electron chi connectivity index (χ1n) is 8.76. The number of hydrogen-bond donors (Lipinski definition) is 1. The number of rotatable bonds is 8. The molecule has 1 atom stereocenters. The fourth-order valence-electron chi connectivity index (χ4n) is 2.78. The van der Waals surface area contributed by atoms with Crippen LogP contribution in [0.15, 0.2) is 0 Å². The van der Waals surface area contributed by atoms with Gasteiger partial charge < -0.3 is 19.9 Å². The molecule has 0 aromatic heterocycles. The lowest BCUT2D eigenvalue weighted by Crippen LogP contribution is -2.41. The molecule has 0 spiro atoms. The van der Waals surface area contributed by atoms with Crippen molar-refractivity contribution >= 4 is 6.09 Å². The number of ether oxygens (including phenoxy) is 1. The van der Waals surface area contributed by atoms with Gasteiger partial charge in [0.25, 0.3) is 0 Å². The molecule has 22 heavy (non-hydrogen) atoms. The number of nitrogens with zero attached hydrogens (tertiary/aromatic N) is 2. The Kier molecular flexibility index (Phi) is 8.18. The molecule has 5 heteroatoms. The van der Waals surface area contributed by atoms with Crippen LogP contribution in [0.4, 0.5) is 4.79 Å². The van der Waals surface area contributed by atoms with Crippen LogP contribution >= 0.6 is 0 Å². The van der Waals surface area contributed by atoms with E-state index >= 15 is 0 Å². The number of nitrogens with one attached hydrogen (secondary N) is 1. The highest BCUT2D eigenvalue weighted by atomic mass is 16.6. The van der Waals surface area contributed by atoms with Crippen molar-refractivity contribution in [2.75, 3.05) is 45.8 Å². The molecule has 0 aromatic rings. The van der Waals surface area contributed by atoms with E-state index in [4.69, 9.17) is 4.74 Å². The van der Waals surface area contributed by atoms with Gasteiger partial charge in [0.15, 0.2) is 0 Å². The molecule has 0 bridgehead atoms. The SMILES string of the molecule is CCCN(CCN1CCC(CNCC)C1)C(=O)OC(C)(C)C. The van der Waals surface area contributed by atoms with Crippen molar-refractivity contribution in [2.24, 2.45) is 5.92 Å². The van der Waals surface area contributed by atoms with E-state index in [1.807, 2.05) is 25.7 Å². The molecule has 5 nitrogen and oxygen atoms in total. The number of carbonyl (C=O) groups excluding carboxylic acids is 1. The van der Waals surface area contributed by atoms with Crippen LogP contribution in [0.2, 0.25) is 0 Å². The summed E-state index contributed by atoms with van der Waals surface area (Å²) < 4.78 is 5.50. The summed E-state index contributed by atoms with van der Waals surface area (Å²) in [6.45, 7) is 16.9. The van der Waals surface area contributed by atoms with E-state index in [1.54, 1.807) is 0 Å². The predicted molar refractivity (Wildman–Crippen MR) is 91.2 cm³/mol. The summed E-state index contributed by atoms with van der Waals surface area (Å²) in [7, 11) is 0. The molecule has 0 aromatic carbocycles. The molecule has 1 saturated heterocycles. The lowest BCUT2D eigenvalue weighted by atomic mass is 10.1. The van der Waals surface area contributed by atoms with E-state index in [1.165, 1.54) is 6.42 Å². The van der Waals surface area contributed by atoms with Gasteiger partial charge in [-0.25, -0.2) is 4.79 Å². The lowest BCUT2D eigenvalue weighted by Gasteiger charge is -2.28. The fourth-order valence-corrected chi connectivity index (χ4v) is 2.78. The van der Waals surface area contributed by atoms with Crippen molar-refractivity contribution in [3.05, 3.63) is 0 Å². The quantitative estimate of drug-likeness (QED) is 0.748. The summed E-state index contributed by atoms with van der Waals surface area (Å²) in [6, 6.07) is 0. The van der Waals surface area contributed by atoms with E-state index < -0.39 is 5.60 Å². The molecule has 1 unspecified atom stereocenters. The second kappa shape index (κ2) is 9.36. The third kappa shape index (κ3) is 7.45. The highest BCUT2D eigenvalue weighted by Gasteiger charge is 2.25. The number of likely N-dealkylation sites (tertiary alicyclic amines) is 1. The first kappa shape index (κ1) is 19.2. The number of hydrogen-bond acceptors (Lipinski definition) is 4. The van der Waals surface area contributed by atoms with Gasteiger partial charge in [-0.15, -0.1) is 0 Å². The topological polar surface area (TPSA) is 44.8 Å². The van der Waals surface area contributed by atoms with Crippen LogP contribution in [-0.2, 0) is 4.74 Å². The number of carbonyl (C=O) groups is 1. The Labute approximate surface area is 136 Å². The zero-order valence-corrected chi connectivity index (χ0v) is 15.2. The first-order valence-corrected chi connectivity index (χ1v) is 8.76. The minimum absolute atomic E-state index is 0.183. The fraction of sp³-hybridized carbons (Fsp3) is 0.941. The van der Waals surface area contributed by atoms with Crippen LogP contribution in [0.5, 0.6) is 0 Å². The molecule has 1 amide bonds. The van der Waals surface area contributed by atoms with E-state index in [0.717, 1.165) is 58.2 Å². The molecule has 0 aliphatic carbocycles. The molecule has 130 valence electrons. The van der Waals surface area contributed by atoms with Gasteiger partial charge in [-0.05, 0) is 59.2 Å². The van der Waals surface area contributed by atoms with Gasteiger partial charge in [-0.2, -0.15) is 0 Å². The Morgan fingerprint density at radius 3 is 2.64 bits per heavy atom. The van der Waals surface area contributed by atoms with Gasteiger partial charge in [0, 0.05) is 26.2 Å². The summed E-state index contributed by atoms with van der Waals surface area (Å²) in [6.07, 6.45) is 2.04. The van der Waals surface area contributed by atoms with Crippen LogP contribution in [0.3, 0.4) is 0 Å². The summed E-state index contributed by atoms with van der Waals surface area (Å²) in [5.74, 6) is 0.751. The van der Waals surface area contributed by atoms with E-state index in [2.05, 4.69) is 24.1 Å². The minimum Gasteiger partial charge on any atom is -0.444 e. The van der Waals surface area contributed by atoms with Crippen LogP contribution < -0.4 is 5.32 Å². The largest absolute Gasteiger partial charge is 0.444 e. The maximum Gasteiger partial charge on any atom is 0.410 e. The van der Waals surface area contributed by atoms with Crippen LogP contribution in [-0.4, -0.2) is 67.3 Å². The van der Waals surface area contributed by atoms with Crippen LogP contribution in [0.1, 0.15) is 47.5 Å². The lowest BCUT2D eigenvalue weighted by molar-refractivity contribution is 0.0235. The van der Waals surface area contributed by atoms with Crippen molar-refractivity contribution in [1.29, 1.82) is 0 Å².